The maximum absolute atomic E-state index is 13.4. The molecule has 1 heterocycles. The van der Waals surface area contributed by atoms with Crippen LogP contribution in [0.5, 0.6) is 0 Å². The lowest BCUT2D eigenvalue weighted by molar-refractivity contribution is -0.161. The zero-order valence-corrected chi connectivity index (χ0v) is 13.7. The first kappa shape index (κ1) is 19.2. The van der Waals surface area contributed by atoms with E-state index >= 15 is 0 Å². The molecule has 8 heteroatoms. The predicted octanol–water partition coefficient (Wildman–Crippen LogP) is 2.81. The maximum Gasteiger partial charge on any atom is 0.396 e. The van der Waals surface area contributed by atoms with Gasteiger partial charge >= 0.3 is 12.1 Å². The Labute approximate surface area is 143 Å². The number of hydrogen-bond acceptors (Lipinski definition) is 3. The molecule has 25 heavy (non-hydrogen) atoms. The summed E-state index contributed by atoms with van der Waals surface area (Å²) >= 11 is 0. The van der Waals surface area contributed by atoms with Crippen LogP contribution in [0.25, 0.3) is 0 Å². The van der Waals surface area contributed by atoms with Crippen LogP contribution in [-0.4, -0.2) is 53.9 Å². The number of carbonyl (C=O) groups is 2. The van der Waals surface area contributed by atoms with Crippen LogP contribution in [0.15, 0.2) is 30.3 Å². The summed E-state index contributed by atoms with van der Waals surface area (Å²) in [5.74, 6) is -3.74. The van der Waals surface area contributed by atoms with Gasteiger partial charge in [0, 0.05) is 26.1 Å². The molecule has 1 fully saturated rings. The van der Waals surface area contributed by atoms with Gasteiger partial charge in [0.25, 0.3) is 0 Å². The number of nitrogens with zero attached hydrogens (tertiary/aromatic N) is 1. The number of methoxy groups -OCH3 is 1. The molecule has 0 aliphatic carbocycles. The largest absolute Gasteiger partial charge is 0.481 e. The third-order valence-electron chi connectivity index (χ3n) is 4.42. The van der Waals surface area contributed by atoms with Gasteiger partial charge in [-0.1, -0.05) is 30.3 Å². The van der Waals surface area contributed by atoms with Crippen LogP contribution >= 0.6 is 0 Å². The molecule has 0 radical (unpaired) electrons. The molecule has 1 aliphatic rings. The molecule has 138 valence electrons. The summed E-state index contributed by atoms with van der Waals surface area (Å²) < 4.78 is 45.4. The topological polar surface area (TPSA) is 66.8 Å². The van der Waals surface area contributed by atoms with E-state index in [0.29, 0.717) is 6.42 Å². The number of carboxylic acids is 1. The zero-order valence-electron chi connectivity index (χ0n) is 13.7. The highest BCUT2D eigenvalue weighted by Crippen LogP contribution is 2.38. The summed E-state index contributed by atoms with van der Waals surface area (Å²) in [4.78, 5) is 24.7. The normalized spacial score (nSPS) is 22.0. The van der Waals surface area contributed by atoms with Crippen molar-refractivity contribution in [2.24, 2.45) is 0 Å². The summed E-state index contributed by atoms with van der Waals surface area (Å²) in [6.45, 7) is 0.104. The summed E-state index contributed by atoms with van der Waals surface area (Å²) in [5, 5.41) is 8.96. The van der Waals surface area contributed by atoms with Gasteiger partial charge < -0.3 is 14.7 Å². The van der Waals surface area contributed by atoms with Crippen molar-refractivity contribution in [2.75, 3.05) is 13.7 Å². The number of aliphatic carboxylic acids is 1. The van der Waals surface area contributed by atoms with Crippen molar-refractivity contribution >= 4 is 11.9 Å². The van der Waals surface area contributed by atoms with Gasteiger partial charge in [-0.2, -0.15) is 13.2 Å². The van der Waals surface area contributed by atoms with E-state index in [4.69, 9.17) is 9.84 Å². The molecule has 0 bridgehead atoms. The van der Waals surface area contributed by atoms with E-state index in [2.05, 4.69) is 0 Å². The molecule has 1 amide bonds. The molecule has 1 aliphatic heterocycles. The maximum atomic E-state index is 13.4. The molecule has 3 unspecified atom stereocenters. The molecule has 2 rings (SSSR count). The molecule has 0 spiro atoms. The zero-order chi connectivity index (χ0) is 18.6. The molecular weight excluding hydrogens is 339 g/mol. The van der Waals surface area contributed by atoms with E-state index in [1.807, 2.05) is 0 Å². The average Bonchev–Trinajstić information content (AvgIpc) is 2.94. The Balaban J connectivity index is 2.18. The molecule has 3 atom stereocenters. The van der Waals surface area contributed by atoms with Crippen molar-refractivity contribution in [1.82, 2.24) is 4.90 Å². The number of alkyl halides is 3. The van der Waals surface area contributed by atoms with Gasteiger partial charge in [-0.05, 0) is 12.0 Å². The van der Waals surface area contributed by atoms with Crippen LogP contribution in [0.2, 0.25) is 0 Å². The summed E-state index contributed by atoms with van der Waals surface area (Å²) in [7, 11) is 1.43. The Bertz CT molecular complexity index is 606. The van der Waals surface area contributed by atoms with Gasteiger partial charge in [0.05, 0.1) is 18.4 Å². The van der Waals surface area contributed by atoms with Crippen LogP contribution in [0, 0.1) is 0 Å². The number of benzene rings is 1. The van der Waals surface area contributed by atoms with Crippen LogP contribution in [0.1, 0.15) is 30.7 Å². The number of carbonyl (C=O) groups excluding carboxylic acids is 1. The van der Waals surface area contributed by atoms with Gasteiger partial charge in [0.1, 0.15) is 0 Å². The van der Waals surface area contributed by atoms with Gasteiger partial charge in [0.15, 0.2) is 0 Å². The molecule has 1 saturated heterocycles. The van der Waals surface area contributed by atoms with Gasteiger partial charge in [0.2, 0.25) is 5.91 Å². The summed E-state index contributed by atoms with van der Waals surface area (Å²) in [5.41, 5.74) is 0.0145. The molecule has 5 nitrogen and oxygen atoms in total. The van der Waals surface area contributed by atoms with E-state index in [9.17, 15) is 22.8 Å². The Hall–Kier alpha value is -2.09. The minimum atomic E-state index is -4.57. The Morgan fingerprint density at radius 1 is 1.32 bits per heavy atom. The van der Waals surface area contributed by atoms with Crippen LogP contribution < -0.4 is 0 Å². The van der Waals surface area contributed by atoms with Gasteiger partial charge in [-0.15, -0.1) is 0 Å². The highest BCUT2D eigenvalue weighted by atomic mass is 19.4. The Morgan fingerprint density at radius 2 is 1.96 bits per heavy atom. The standard InChI is InChI=1S/C17H20F3NO4/c1-25-13-7-12(8-16(23)24)21(10-13)15(22)9-14(17(18,19)20)11-5-3-2-4-6-11/h2-6,12-14H,7-10H2,1H3,(H,23,24). The number of halogens is 3. The van der Waals surface area contributed by atoms with Gasteiger partial charge in [-0.3, -0.25) is 9.59 Å². The van der Waals surface area contributed by atoms with Crippen LogP contribution in [-0.2, 0) is 14.3 Å². The highest BCUT2D eigenvalue weighted by molar-refractivity contribution is 5.79. The van der Waals surface area contributed by atoms with E-state index in [1.54, 1.807) is 6.07 Å². The van der Waals surface area contributed by atoms with Crippen molar-refractivity contribution in [3.05, 3.63) is 35.9 Å². The third kappa shape index (κ3) is 4.94. The Kier molecular flexibility index (Phi) is 6.05. The number of carboxylic acid groups (broad SMARTS) is 1. The fourth-order valence-electron chi connectivity index (χ4n) is 3.14. The Morgan fingerprint density at radius 3 is 2.48 bits per heavy atom. The summed E-state index contributed by atoms with van der Waals surface area (Å²) in [6, 6.07) is 6.60. The van der Waals surface area contributed by atoms with E-state index in [0.717, 1.165) is 0 Å². The quantitative estimate of drug-likeness (QED) is 0.848. The second-order valence-corrected chi connectivity index (χ2v) is 6.10. The van der Waals surface area contributed by atoms with Crippen LogP contribution in [0.3, 0.4) is 0 Å². The first-order valence-electron chi connectivity index (χ1n) is 7.88. The lowest BCUT2D eigenvalue weighted by atomic mass is 9.94. The average molecular weight is 359 g/mol. The first-order chi connectivity index (χ1) is 11.7. The fourth-order valence-corrected chi connectivity index (χ4v) is 3.14. The number of amides is 1. The SMILES string of the molecule is COC1CC(CC(=O)O)N(C(=O)CC(c2ccccc2)C(F)(F)F)C1. The molecule has 1 N–H and O–H groups in total. The third-order valence-corrected chi connectivity index (χ3v) is 4.42. The monoisotopic (exact) mass is 359 g/mol. The van der Waals surface area contributed by atoms with E-state index in [-0.39, 0.29) is 24.6 Å². The van der Waals surface area contributed by atoms with Crippen molar-refractivity contribution in [1.29, 1.82) is 0 Å². The number of ether oxygens (including phenoxy) is 1. The number of hydrogen-bond donors (Lipinski definition) is 1. The van der Waals surface area contributed by atoms with Crippen molar-refractivity contribution in [3.63, 3.8) is 0 Å². The van der Waals surface area contributed by atoms with E-state index < -0.39 is 36.4 Å². The molecule has 1 aromatic rings. The lowest BCUT2D eigenvalue weighted by Crippen LogP contribution is -2.39. The smallest absolute Gasteiger partial charge is 0.396 e. The molecule has 0 saturated carbocycles. The predicted molar refractivity (Wildman–Crippen MR) is 83.0 cm³/mol. The van der Waals surface area contributed by atoms with Gasteiger partial charge in [-0.25, -0.2) is 0 Å². The lowest BCUT2D eigenvalue weighted by Gasteiger charge is -2.27. The second kappa shape index (κ2) is 7.86. The highest BCUT2D eigenvalue weighted by Gasteiger charge is 2.44. The van der Waals surface area contributed by atoms with Crippen molar-refractivity contribution < 1.29 is 32.6 Å². The van der Waals surface area contributed by atoms with Crippen LogP contribution in [0.4, 0.5) is 13.2 Å². The summed E-state index contributed by atoms with van der Waals surface area (Å²) in [6.07, 6.45) is -5.70. The molecule has 1 aromatic carbocycles. The first-order valence-corrected chi connectivity index (χ1v) is 7.88. The minimum Gasteiger partial charge on any atom is -0.481 e. The molecular formula is C17H20F3NO4. The van der Waals surface area contributed by atoms with Crippen molar-refractivity contribution in [2.45, 2.75) is 43.5 Å². The minimum absolute atomic E-state index is 0.0145. The van der Waals surface area contributed by atoms with Crippen molar-refractivity contribution in [3.8, 4) is 0 Å². The number of likely N-dealkylation sites (tertiary alicyclic amines) is 1. The number of rotatable bonds is 6. The van der Waals surface area contributed by atoms with E-state index in [1.165, 1.54) is 36.3 Å². The second-order valence-electron chi connectivity index (χ2n) is 6.10. The fraction of sp³-hybridized carbons (Fsp3) is 0.529. The molecule has 0 aromatic heterocycles.